The van der Waals surface area contributed by atoms with Crippen LogP contribution in [0.15, 0.2) is 122 Å². The Bertz CT molecular complexity index is 3060. The number of methoxy groups -OCH3 is 2. The number of fused-ring (bicyclic) bond motifs is 3. The van der Waals surface area contributed by atoms with E-state index < -0.39 is 5.82 Å². The van der Waals surface area contributed by atoms with Crippen molar-refractivity contribution >= 4 is 67.5 Å². The maximum atomic E-state index is 14.2. The number of nitrogens with zero attached hydrogens (tertiary/aromatic N) is 7. The Labute approximate surface area is 366 Å². The van der Waals surface area contributed by atoms with Crippen LogP contribution in [0.2, 0.25) is 5.02 Å². The topological polar surface area (TPSA) is 163 Å². The SMILES string of the molecule is COc1cc2c(Nc3ccc(C)c(O)c3)ncnc2cc1OCc1nc2ccccc2n1C.COc1cc2c(Nc3ccc(Cl)cc3F)ncnc2cc1OCCc1ccncc1. The van der Waals surface area contributed by atoms with Crippen LogP contribution in [0.3, 0.4) is 0 Å². The van der Waals surface area contributed by atoms with E-state index in [0.29, 0.717) is 62.7 Å². The molecule has 0 fully saturated rings. The van der Waals surface area contributed by atoms with Gasteiger partial charge in [0.05, 0.1) is 48.6 Å². The fourth-order valence-corrected chi connectivity index (χ4v) is 6.87. The number of hydrogen-bond acceptors (Lipinski definition) is 13. The molecule has 63 heavy (non-hydrogen) atoms. The summed E-state index contributed by atoms with van der Waals surface area (Å²) in [6.45, 7) is 2.60. The van der Waals surface area contributed by atoms with Crippen LogP contribution in [0.25, 0.3) is 32.8 Å². The normalized spacial score (nSPS) is 11.0. The number of phenolic OH excluding ortho intramolecular Hbond substituents is 1. The van der Waals surface area contributed by atoms with Crippen molar-refractivity contribution in [2.75, 3.05) is 31.5 Å². The zero-order valence-corrected chi connectivity index (χ0v) is 35.4. The van der Waals surface area contributed by atoms with Gasteiger partial charge in [0.1, 0.15) is 48.3 Å². The van der Waals surface area contributed by atoms with Gasteiger partial charge < -0.3 is 39.3 Å². The molecule has 0 unspecified atom stereocenters. The van der Waals surface area contributed by atoms with E-state index in [-0.39, 0.29) is 18.0 Å². The fourth-order valence-electron chi connectivity index (χ4n) is 6.71. The quantitative estimate of drug-likeness (QED) is 0.100. The van der Waals surface area contributed by atoms with Crippen LogP contribution < -0.4 is 29.6 Å². The number of imidazole rings is 1. The number of nitrogens with one attached hydrogen (secondary N) is 2. The number of para-hydroxylation sites is 2. The van der Waals surface area contributed by atoms with E-state index in [4.69, 9.17) is 30.5 Å². The summed E-state index contributed by atoms with van der Waals surface area (Å²) < 4.78 is 39.3. The van der Waals surface area contributed by atoms with Gasteiger partial charge in [-0.15, -0.1) is 0 Å². The minimum Gasteiger partial charge on any atom is -0.508 e. The Morgan fingerprint density at radius 2 is 1.38 bits per heavy atom. The predicted octanol–water partition coefficient (Wildman–Crippen LogP) is 10.1. The summed E-state index contributed by atoms with van der Waals surface area (Å²) in [6, 6.07) is 28.9. The molecule has 0 bridgehead atoms. The number of anilines is 4. The van der Waals surface area contributed by atoms with E-state index in [1.54, 1.807) is 56.9 Å². The number of aryl methyl sites for hydroxylation is 2. The van der Waals surface area contributed by atoms with Crippen molar-refractivity contribution < 1.29 is 28.4 Å². The van der Waals surface area contributed by atoms with Gasteiger partial charge in [0.25, 0.3) is 0 Å². The number of pyridine rings is 1. The average molecular weight is 866 g/mol. The van der Waals surface area contributed by atoms with Crippen molar-refractivity contribution in [2.24, 2.45) is 7.05 Å². The largest absolute Gasteiger partial charge is 0.508 e. The Morgan fingerprint density at radius 1 is 0.714 bits per heavy atom. The minimum atomic E-state index is -0.475. The summed E-state index contributed by atoms with van der Waals surface area (Å²) in [4.78, 5) is 26.0. The summed E-state index contributed by atoms with van der Waals surface area (Å²) in [5.74, 6) is 3.83. The molecule has 16 heteroatoms. The van der Waals surface area contributed by atoms with Crippen molar-refractivity contribution in [3.8, 4) is 28.7 Å². The van der Waals surface area contributed by atoms with Crippen molar-refractivity contribution in [3.05, 3.63) is 150 Å². The zero-order chi connectivity index (χ0) is 43.9. The molecule has 4 aromatic heterocycles. The van der Waals surface area contributed by atoms with Gasteiger partial charge in [-0.1, -0.05) is 29.8 Å². The van der Waals surface area contributed by atoms with E-state index >= 15 is 0 Å². The summed E-state index contributed by atoms with van der Waals surface area (Å²) in [7, 11) is 5.13. The van der Waals surface area contributed by atoms with Crippen molar-refractivity contribution in [1.29, 1.82) is 0 Å². The number of halogens is 2. The van der Waals surface area contributed by atoms with Crippen LogP contribution >= 0.6 is 11.6 Å². The molecule has 9 rings (SSSR count). The van der Waals surface area contributed by atoms with E-state index in [2.05, 4.69) is 40.5 Å². The van der Waals surface area contributed by atoms with Crippen LogP contribution in [0.5, 0.6) is 28.7 Å². The number of benzene rings is 5. The molecule has 3 N–H and O–H groups in total. The second kappa shape index (κ2) is 18.9. The van der Waals surface area contributed by atoms with Gasteiger partial charge in [0, 0.05) is 65.5 Å². The molecule has 4 heterocycles. The lowest BCUT2D eigenvalue weighted by Gasteiger charge is -2.14. The van der Waals surface area contributed by atoms with Crippen LogP contribution in [0, 0.1) is 12.7 Å². The minimum absolute atomic E-state index is 0.216. The first kappa shape index (κ1) is 41.9. The molecule has 0 radical (unpaired) electrons. The van der Waals surface area contributed by atoms with Gasteiger partial charge in [-0.2, -0.15) is 0 Å². The fraction of sp³-hybridized carbons (Fsp3) is 0.149. The third kappa shape index (κ3) is 9.58. The highest BCUT2D eigenvalue weighted by Crippen LogP contribution is 2.37. The van der Waals surface area contributed by atoms with E-state index in [0.717, 1.165) is 45.5 Å². The maximum absolute atomic E-state index is 14.2. The monoisotopic (exact) mass is 865 g/mol. The molecule has 318 valence electrons. The third-order valence-corrected chi connectivity index (χ3v) is 10.4. The average Bonchev–Trinajstić information content (AvgIpc) is 3.62. The summed E-state index contributed by atoms with van der Waals surface area (Å²) >= 11 is 5.83. The number of rotatable bonds is 13. The van der Waals surface area contributed by atoms with Crippen LogP contribution in [-0.4, -0.2) is 60.4 Å². The Balaban J connectivity index is 0.000000174. The molecular formula is C47H41ClFN9O5. The second-order valence-electron chi connectivity index (χ2n) is 14.2. The second-order valence-corrected chi connectivity index (χ2v) is 14.6. The Hall–Kier alpha value is -7.78. The van der Waals surface area contributed by atoms with Gasteiger partial charge in [-0.05, 0) is 78.7 Å². The third-order valence-electron chi connectivity index (χ3n) is 10.1. The molecule has 0 atom stereocenters. The summed E-state index contributed by atoms with van der Waals surface area (Å²) in [6.07, 6.45) is 7.13. The predicted molar refractivity (Wildman–Crippen MR) is 241 cm³/mol. The summed E-state index contributed by atoms with van der Waals surface area (Å²) in [5, 5.41) is 18.0. The first-order valence-corrected chi connectivity index (χ1v) is 20.0. The highest BCUT2D eigenvalue weighted by Gasteiger charge is 2.16. The first-order valence-electron chi connectivity index (χ1n) is 19.7. The number of aromatic nitrogens is 7. The molecule has 5 aromatic carbocycles. The van der Waals surface area contributed by atoms with Crippen molar-refractivity contribution in [2.45, 2.75) is 20.0 Å². The molecule has 0 saturated carbocycles. The lowest BCUT2D eigenvalue weighted by atomic mass is 10.2. The number of hydrogen-bond donors (Lipinski definition) is 3. The molecule has 0 aliphatic rings. The number of aromatic hydroxyl groups is 1. The molecule has 14 nitrogen and oxygen atoms in total. The van der Waals surface area contributed by atoms with Gasteiger partial charge >= 0.3 is 0 Å². The van der Waals surface area contributed by atoms with Gasteiger partial charge in [0.2, 0.25) is 0 Å². The molecule has 0 spiro atoms. The smallest absolute Gasteiger partial charge is 0.164 e. The Kier molecular flexibility index (Phi) is 12.6. The number of ether oxygens (including phenoxy) is 4. The van der Waals surface area contributed by atoms with Gasteiger partial charge in [-0.3, -0.25) is 4.98 Å². The van der Waals surface area contributed by atoms with Gasteiger partial charge in [-0.25, -0.2) is 29.3 Å². The van der Waals surface area contributed by atoms with Crippen LogP contribution in [-0.2, 0) is 20.1 Å². The molecular weight excluding hydrogens is 825 g/mol. The van der Waals surface area contributed by atoms with Crippen LogP contribution in [0.4, 0.5) is 27.4 Å². The molecule has 0 aliphatic heterocycles. The molecule has 0 amide bonds. The zero-order valence-electron chi connectivity index (χ0n) is 34.6. The molecule has 0 saturated heterocycles. The van der Waals surface area contributed by atoms with E-state index in [1.807, 2.05) is 79.2 Å². The molecule has 0 aliphatic carbocycles. The Morgan fingerprint density at radius 3 is 2.03 bits per heavy atom. The van der Waals surface area contributed by atoms with E-state index in [1.165, 1.54) is 18.7 Å². The number of phenols is 1. The lowest BCUT2D eigenvalue weighted by molar-refractivity contribution is 0.274. The highest BCUT2D eigenvalue weighted by atomic mass is 35.5. The summed E-state index contributed by atoms with van der Waals surface area (Å²) in [5.41, 5.74) is 6.23. The van der Waals surface area contributed by atoms with Crippen LogP contribution in [0.1, 0.15) is 17.0 Å². The van der Waals surface area contributed by atoms with Crippen molar-refractivity contribution in [3.63, 3.8) is 0 Å². The molecule has 9 aromatic rings. The first-order chi connectivity index (χ1) is 30.7. The van der Waals surface area contributed by atoms with Gasteiger partial charge in [0.15, 0.2) is 23.0 Å². The van der Waals surface area contributed by atoms with Crippen molar-refractivity contribution in [1.82, 2.24) is 34.5 Å². The highest BCUT2D eigenvalue weighted by molar-refractivity contribution is 6.30. The maximum Gasteiger partial charge on any atom is 0.164 e. The van der Waals surface area contributed by atoms with E-state index in [9.17, 15) is 9.50 Å². The lowest BCUT2D eigenvalue weighted by Crippen LogP contribution is -2.05. The standard InChI is InChI=1S/C25H23N5O3.C22H18ClFN4O2/c1-15-8-9-16(10-21(15)31)28-25-17-11-22(32-3)23(12-19(17)26-14-27-25)33-13-24-29-18-6-4-5-7-20(18)30(24)2;1-29-20-11-16-19(12-21(20)30-9-6-14-4-7-25-8-5-14)26-13-27-22(16)28-18-3-2-15(23)10-17(18)24/h4-12,14,31H,13H2,1-3H3,(H,26,27,28);2-5,7-8,10-13H,6,9H2,1H3,(H,26,27,28).